The normalized spacial score (nSPS) is 13.2. The van der Waals surface area contributed by atoms with Gasteiger partial charge in [0.05, 0.1) is 0 Å². The molecule has 0 aliphatic rings. The summed E-state index contributed by atoms with van der Waals surface area (Å²) in [6.07, 6.45) is 0. The third-order valence-electron chi connectivity index (χ3n) is 2.58. The molecule has 88 valence electrons. The van der Waals surface area contributed by atoms with Crippen molar-refractivity contribution in [3.63, 3.8) is 0 Å². The molecule has 0 amide bonds. The van der Waals surface area contributed by atoms with Crippen molar-refractivity contribution < 1.29 is 14.3 Å². The van der Waals surface area contributed by atoms with Crippen LogP contribution in [0.1, 0.15) is 20.8 Å². The van der Waals surface area contributed by atoms with Crippen LogP contribution in [0.5, 0.6) is 0 Å². The highest BCUT2D eigenvalue weighted by atomic mass is 35.5. The molecule has 4 heteroatoms. The van der Waals surface area contributed by atoms with E-state index in [4.69, 9.17) is 16.0 Å². The molecule has 2 heterocycles. The Morgan fingerprint density at radius 3 is 1.75 bits per heavy atom. The molecule has 1 atom stereocenters. The van der Waals surface area contributed by atoms with Gasteiger partial charge in [-0.15, -0.1) is 11.6 Å². The standard InChI is InChI=1S/C6H11ClO2.C6H4O/c1-4(7)6(2,3)5(8)9;1-2-6-4-3-5(1)7-6/h4H,1-3H3,(H,8,9);1-4H/p-1. The molecule has 0 saturated heterocycles. The van der Waals surface area contributed by atoms with Gasteiger partial charge in [-0.2, -0.15) is 0 Å². The van der Waals surface area contributed by atoms with Crippen LogP contribution in [0.15, 0.2) is 28.7 Å². The topological polar surface area (TPSA) is 53.3 Å². The number of benzene rings is 1. The summed E-state index contributed by atoms with van der Waals surface area (Å²) in [5.74, 6) is -1.11. The summed E-state index contributed by atoms with van der Waals surface area (Å²) in [5, 5.41) is 9.87. The molecule has 0 fully saturated rings. The second-order valence-electron chi connectivity index (χ2n) is 4.20. The first-order valence-electron chi connectivity index (χ1n) is 4.97. The number of hydrogen-bond donors (Lipinski definition) is 0. The number of aliphatic carboxylic acids is 1. The van der Waals surface area contributed by atoms with Gasteiger partial charge in [-0.3, -0.25) is 0 Å². The van der Waals surface area contributed by atoms with Crippen LogP contribution >= 0.6 is 11.6 Å². The Morgan fingerprint density at radius 1 is 1.31 bits per heavy atom. The van der Waals surface area contributed by atoms with Crippen molar-refractivity contribution >= 4 is 28.7 Å². The largest absolute Gasteiger partial charge is 0.550 e. The fourth-order valence-electron chi connectivity index (χ4n) is 0.874. The molecule has 0 aliphatic heterocycles. The quantitative estimate of drug-likeness (QED) is 0.758. The number of carboxylic acids is 1. The summed E-state index contributed by atoms with van der Waals surface area (Å²) in [6, 6.07) is 7.81. The van der Waals surface area contributed by atoms with Gasteiger partial charge in [0.1, 0.15) is 11.2 Å². The van der Waals surface area contributed by atoms with E-state index in [0.29, 0.717) is 0 Å². The first-order valence-corrected chi connectivity index (χ1v) is 5.41. The lowest BCUT2D eigenvalue weighted by molar-refractivity contribution is -0.317. The summed E-state index contributed by atoms with van der Waals surface area (Å²) in [4.78, 5) is 10.3. The van der Waals surface area contributed by atoms with E-state index < -0.39 is 16.8 Å². The summed E-state index contributed by atoms with van der Waals surface area (Å²) in [7, 11) is 0. The van der Waals surface area contributed by atoms with Crippen LogP contribution in [0.2, 0.25) is 0 Å². The number of fused-ring (bicyclic) bond motifs is 2. The van der Waals surface area contributed by atoms with Crippen LogP contribution in [-0.4, -0.2) is 11.3 Å². The van der Waals surface area contributed by atoms with E-state index in [2.05, 4.69) is 0 Å². The van der Waals surface area contributed by atoms with Crippen molar-refractivity contribution in [2.75, 3.05) is 0 Å². The van der Waals surface area contributed by atoms with Crippen LogP contribution in [0, 0.1) is 5.41 Å². The van der Waals surface area contributed by atoms with Gasteiger partial charge in [-0.25, -0.2) is 0 Å². The molecule has 2 bridgehead atoms. The van der Waals surface area contributed by atoms with E-state index >= 15 is 0 Å². The van der Waals surface area contributed by atoms with E-state index in [1.54, 1.807) is 20.8 Å². The Morgan fingerprint density at radius 2 is 1.69 bits per heavy atom. The number of halogens is 1. The average molecular weight is 242 g/mol. The van der Waals surface area contributed by atoms with Gasteiger partial charge in [-0.05, 0) is 31.2 Å². The number of alkyl halides is 1. The number of carboxylic acid groups (broad SMARTS) is 1. The van der Waals surface area contributed by atoms with Gasteiger partial charge in [0, 0.05) is 16.8 Å². The molecule has 0 saturated carbocycles. The Balaban J connectivity index is 0.000000163. The number of furan rings is 2. The molecule has 1 unspecified atom stereocenters. The summed E-state index contributed by atoms with van der Waals surface area (Å²) < 4.78 is 5.08. The minimum atomic E-state index is -1.11. The van der Waals surface area contributed by atoms with Crippen molar-refractivity contribution in [3.8, 4) is 0 Å². The highest BCUT2D eigenvalue weighted by Gasteiger charge is 2.25. The lowest BCUT2D eigenvalue weighted by Gasteiger charge is -2.28. The van der Waals surface area contributed by atoms with Gasteiger partial charge in [0.2, 0.25) is 0 Å². The maximum absolute atomic E-state index is 10.3. The smallest absolute Gasteiger partial charge is 0.127 e. The minimum Gasteiger partial charge on any atom is -0.550 e. The van der Waals surface area contributed by atoms with Crippen LogP contribution in [-0.2, 0) is 4.79 Å². The molecule has 0 N–H and O–H groups in total. The zero-order valence-electron chi connectivity index (χ0n) is 9.49. The highest BCUT2D eigenvalue weighted by molar-refractivity contribution is 6.22. The predicted octanol–water partition coefficient (Wildman–Crippen LogP) is 2.26. The van der Waals surface area contributed by atoms with Crippen LogP contribution in [0.4, 0.5) is 0 Å². The van der Waals surface area contributed by atoms with Crippen LogP contribution in [0.25, 0.3) is 11.2 Å². The third-order valence-corrected chi connectivity index (χ3v) is 3.13. The lowest BCUT2D eigenvalue weighted by atomic mass is 9.90. The Labute approximate surface area is 99.3 Å². The van der Waals surface area contributed by atoms with Gasteiger partial charge in [0.25, 0.3) is 0 Å². The zero-order valence-corrected chi connectivity index (χ0v) is 10.2. The zero-order chi connectivity index (χ0) is 12.3. The molecule has 2 rings (SSSR count). The van der Waals surface area contributed by atoms with Crippen LogP contribution in [0.3, 0.4) is 0 Å². The summed E-state index contributed by atoms with van der Waals surface area (Å²) in [6.45, 7) is 4.72. The maximum atomic E-state index is 10.3. The molecule has 0 aromatic carbocycles. The molecule has 2 aromatic heterocycles. The number of carbonyl (C=O) groups is 1. The molecule has 0 radical (unpaired) electrons. The fourth-order valence-corrected chi connectivity index (χ4v) is 0.963. The number of carbonyl (C=O) groups excluding carboxylic acids is 1. The average Bonchev–Trinajstić information content (AvgIpc) is 2.81. The first-order chi connectivity index (χ1) is 7.34. The van der Waals surface area contributed by atoms with E-state index in [1.165, 1.54) is 0 Å². The van der Waals surface area contributed by atoms with Gasteiger partial charge >= 0.3 is 0 Å². The van der Waals surface area contributed by atoms with E-state index in [1.807, 2.05) is 24.3 Å². The second-order valence-corrected chi connectivity index (χ2v) is 4.85. The maximum Gasteiger partial charge on any atom is 0.127 e. The van der Waals surface area contributed by atoms with Crippen molar-refractivity contribution in [3.05, 3.63) is 24.3 Å². The first kappa shape index (κ1) is 12.8. The highest BCUT2D eigenvalue weighted by Crippen LogP contribution is 2.23. The molecule has 0 spiro atoms. The van der Waals surface area contributed by atoms with Crippen molar-refractivity contribution in [2.45, 2.75) is 26.1 Å². The van der Waals surface area contributed by atoms with Gasteiger partial charge in [0.15, 0.2) is 0 Å². The predicted molar refractivity (Wildman–Crippen MR) is 61.5 cm³/mol. The molecule has 16 heavy (non-hydrogen) atoms. The minimum absolute atomic E-state index is 0.400. The molecule has 2 aromatic rings. The fraction of sp³-hybridized carbons (Fsp3) is 0.417. The summed E-state index contributed by atoms with van der Waals surface area (Å²) >= 11 is 5.54. The van der Waals surface area contributed by atoms with E-state index in [0.717, 1.165) is 11.2 Å². The Bertz CT molecular complexity index is 400. The molecule has 3 nitrogen and oxygen atoms in total. The Hall–Kier alpha value is -1.22. The van der Waals surface area contributed by atoms with Crippen molar-refractivity contribution in [1.82, 2.24) is 0 Å². The lowest BCUT2D eigenvalue weighted by Crippen LogP contribution is -2.42. The second kappa shape index (κ2) is 4.74. The number of hydrogen-bond acceptors (Lipinski definition) is 3. The SMILES string of the molecule is CC(Cl)C(C)(C)C(=O)[O-].c1cc2ccc1o2. The Kier molecular flexibility index (Phi) is 3.81. The van der Waals surface area contributed by atoms with Crippen molar-refractivity contribution in [2.24, 2.45) is 5.41 Å². The van der Waals surface area contributed by atoms with Crippen LogP contribution < -0.4 is 5.11 Å². The monoisotopic (exact) mass is 241 g/mol. The molecule has 0 aliphatic carbocycles. The third kappa shape index (κ3) is 2.89. The summed E-state index contributed by atoms with van der Waals surface area (Å²) in [5.41, 5.74) is 1.01. The molecular formula is C12H14ClO3-. The van der Waals surface area contributed by atoms with E-state index in [-0.39, 0.29) is 0 Å². The van der Waals surface area contributed by atoms with E-state index in [9.17, 15) is 9.90 Å². The molecular weight excluding hydrogens is 228 g/mol. The number of rotatable bonds is 2. The van der Waals surface area contributed by atoms with Gasteiger partial charge < -0.3 is 14.3 Å². The van der Waals surface area contributed by atoms with Gasteiger partial charge in [-0.1, -0.05) is 13.8 Å². The van der Waals surface area contributed by atoms with Crippen molar-refractivity contribution in [1.29, 1.82) is 0 Å².